The van der Waals surface area contributed by atoms with Crippen molar-refractivity contribution < 1.29 is 9.90 Å². The number of nitrogens with one attached hydrogen (secondary N) is 1. The number of carboxylic acids is 1. The van der Waals surface area contributed by atoms with Gasteiger partial charge in [-0.2, -0.15) is 0 Å². The lowest BCUT2D eigenvalue weighted by Gasteiger charge is -2.16. The number of hydrogen-bond acceptors (Lipinski definition) is 2. The standard InChI is InChI=1S/C17H17NO2/c1-3-7-12(4-2)18-16-11-10-15(17(19)20)13-8-5-6-9-14(13)16/h2,5-6,8-12,18H,3,7H2,1H3,(H,19,20). The lowest BCUT2D eigenvalue weighted by atomic mass is 10.0. The molecule has 0 fully saturated rings. The highest BCUT2D eigenvalue weighted by atomic mass is 16.4. The fourth-order valence-electron chi connectivity index (χ4n) is 2.28. The second-order valence-corrected chi connectivity index (χ2v) is 4.66. The lowest BCUT2D eigenvalue weighted by Crippen LogP contribution is -2.17. The van der Waals surface area contributed by atoms with Crippen LogP contribution in [0.2, 0.25) is 0 Å². The molecule has 0 saturated carbocycles. The van der Waals surface area contributed by atoms with Crippen molar-refractivity contribution in [2.45, 2.75) is 25.8 Å². The topological polar surface area (TPSA) is 49.3 Å². The number of carbonyl (C=O) groups is 1. The van der Waals surface area contributed by atoms with Gasteiger partial charge in [-0.25, -0.2) is 4.79 Å². The third-order valence-corrected chi connectivity index (χ3v) is 3.26. The Morgan fingerprint density at radius 1 is 1.30 bits per heavy atom. The van der Waals surface area contributed by atoms with E-state index in [1.54, 1.807) is 12.1 Å². The monoisotopic (exact) mass is 267 g/mol. The maximum absolute atomic E-state index is 11.3. The fourth-order valence-corrected chi connectivity index (χ4v) is 2.28. The van der Waals surface area contributed by atoms with Crippen molar-refractivity contribution in [2.75, 3.05) is 5.32 Å². The molecule has 0 aliphatic rings. The summed E-state index contributed by atoms with van der Waals surface area (Å²) in [5.74, 6) is 1.80. The summed E-state index contributed by atoms with van der Waals surface area (Å²) in [6, 6.07) is 10.8. The number of benzene rings is 2. The average molecular weight is 267 g/mol. The molecule has 0 amide bonds. The molecule has 1 atom stereocenters. The number of carboxylic acid groups (broad SMARTS) is 1. The Labute approximate surface area is 118 Å². The van der Waals surface area contributed by atoms with Crippen LogP contribution in [0.25, 0.3) is 10.8 Å². The molecule has 1 unspecified atom stereocenters. The average Bonchev–Trinajstić information content (AvgIpc) is 2.46. The van der Waals surface area contributed by atoms with Crippen LogP contribution in [0.3, 0.4) is 0 Å². The first-order valence-corrected chi connectivity index (χ1v) is 6.65. The molecule has 3 nitrogen and oxygen atoms in total. The summed E-state index contributed by atoms with van der Waals surface area (Å²) in [5, 5.41) is 14.1. The molecule has 0 aliphatic carbocycles. The van der Waals surface area contributed by atoms with Gasteiger partial charge in [0, 0.05) is 11.1 Å². The second kappa shape index (κ2) is 6.12. The van der Waals surface area contributed by atoms with Crippen molar-refractivity contribution in [3.8, 4) is 12.3 Å². The highest BCUT2D eigenvalue weighted by Crippen LogP contribution is 2.27. The Morgan fingerprint density at radius 3 is 2.60 bits per heavy atom. The minimum Gasteiger partial charge on any atom is -0.478 e. The lowest BCUT2D eigenvalue weighted by molar-refractivity contribution is 0.0699. The molecule has 0 radical (unpaired) electrons. The van der Waals surface area contributed by atoms with E-state index in [0.29, 0.717) is 5.56 Å². The highest BCUT2D eigenvalue weighted by Gasteiger charge is 2.12. The molecule has 3 heteroatoms. The van der Waals surface area contributed by atoms with Gasteiger partial charge < -0.3 is 10.4 Å². The van der Waals surface area contributed by atoms with E-state index in [4.69, 9.17) is 6.42 Å². The largest absolute Gasteiger partial charge is 0.478 e. The summed E-state index contributed by atoms with van der Waals surface area (Å²) < 4.78 is 0. The quantitative estimate of drug-likeness (QED) is 0.811. The zero-order chi connectivity index (χ0) is 14.5. The molecule has 0 aromatic heterocycles. The SMILES string of the molecule is C#CC(CCC)Nc1ccc(C(=O)O)c2ccccc12. The zero-order valence-corrected chi connectivity index (χ0v) is 11.4. The van der Waals surface area contributed by atoms with E-state index < -0.39 is 5.97 Å². The van der Waals surface area contributed by atoms with Crippen LogP contribution in [0.1, 0.15) is 30.1 Å². The third-order valence-electron chi connectivity index (χ3n) is 3.26. The normalized spacial score (nSPS) is 11.8. The Balaban J connectivity index is 2.48. The van der Waals surface area contributed by atoms with Gasteiger partial charge in [-0.3, -0.25) is 0 Å². The fraction of sp³-hybridized carbons (Fsp3) is 0.235. The molecule has 20 heavy (non-hydrogen) atoms. The highest BCUT2D eigenvalue weighted by molar-refractivity contribution is 6.07. The molecule has 0 saturated heterocycles. The third kappa shape index (κ3) is 2.75. The summed E-state index contributed by atoms with van der Waals surface area (Å²) in [7, 11) is 0. The van der Waals surface area contributed by atoms with Crippen molar-refractivity contribution in [1.29, 1.82) is 0 Å². The van der Waals surface area contributed by atoms with Crippen LogP contribution in [0.5, 0.6) is 0 Å². The Hall–Kier alpha value is -2.47. The predicted octanol–water partition coefficient (Wildman–Crippen LogP) is 3.75. The van der Waals surface area contributed by atoms with E-state index in [1.165, 1.54) is 0 Å². The van der Waals surface area contributed by atoms with Crippen LogP contribution in [0.4, 0.5) is 5.69 Å². The summed E-state index contributed by atoms with van der Waals surface area (Å²) in [6.45, 7) is 2.08. The molecule has 2 N–H and O–H groups in total. The van der Waals surface area contributed by atoms with Gasteiger partial charge in [-0.1, -0.05) is 43.5 Å². The van der Waals surface area contributed by atoms with Crippen LogP contribution in [0.15, 0.2) is 36.4 Å². The summed E-state index contributed by atoms with van der Waals surface area (Å²) >= 11 is 0. The van der Waals surface area contributed by atoms with Crippen LogP contribution < -0.4 is 5.32 Å². The number of rotatable bonds is 5. The Kier molecular flexibility index (Phi) is 4.27. The first kappa shape index (κ1) is 14.0. The van der Waals surface area contributed by atoms with Gasteiger partial charge in [-0.05, 0) is 23.9 Å². The second-order valence-electron chi connectivity index (χ2n) is 4.66. The number of terminal acetylenes is 1. The van der Waals surface area contributed by atoms with Crippen molar-refractivity contribution in [2.24, 2.45) is 0 Å². The van der Waals surface area contributed by atoms with Gasteiger partial charge in [0.25, 0.3) is 0 Å². The van der Waals surface area contributed by atoms with E-state index in [2.05, 4.69) is 18.2 Å². The van der Waals surface area contributed by atoms with Gasteiger partial charge >= 0.3 is 5.97 Å². The predicted molar refractivity (Wildman–Crippen MR) is 82.1 cm³/mol. The summed E-state index contributed by atoms with van der Waals surface area (Å²) in [6.07, 6.45) is 7.40. The van der Waals surface area contributed by atoms with Crippen LogP contribution in [0, 0.1) is 12.3 Å². The van der Waals surface area contributed by atoms with Crippen molar-refractivity contribution in [1.82, 2.24) is 0 Å². The number of anilines is 1. The smallest absolute Gasteiger partial charge is 0.336 e. The Morgan fingerprint density at radius 2 is 2.00 bits per heavy atom. The van der Waals surface area contributed by atoms with Crippen LogP contribution in [-0.2, 0) is 0 Å². The minimum absolute atomic E-state index is 0.0425. The van der Waals surface area contributed by atoms with Gasteiger partial charge in [0.05, 0.1) is 11.6 Å². The number of hydrogen-bond donors (Lipinski definition) is 2. The maximum atomic E-state index is 11.3. The Bertz CT molecular complexity index is 670. The number of fused-ring (bicyclic) bond motifs is 1. The molecule has 102 valence electrons. The number of aromatic carboxylic acids is 1. The first-order chi connectivity index (χ1) is 9.67. The van der Waals surface area contributed by atoms with Crippen LogP contribution in [-0.4, -0.2) is 17.1 Å². The van der Waals surface area contributed by atoms with Gasteiger partial charge in [0.15, 0.2) is 0 Å². The minimum atomic E-state index is -0.921. The van der Waals surface area contributed by atoms with Gasteiger partial charge in [0.2, 0.25) is 0 Å². The molecule has 2 aromatic carbocycles. The molecular formula is C17H17NO2. The van der Waals surface area contributed by atoms with Gasteiger partial charge in [-0.15, -0.1) is 6.42 Å². The van der Waals surface area contributed by atoms with E-state index in [0.717, 1.165) is 29.3 Å². The molecule has 2 aromatic rings. The zero-order valence-electron chi connectivity index (χ0n) is 11.4. The molecule has 2 rings (SSSR count). The van der Waals surface area contributed by atoms with Gasteiger partial charge in [0.1, 0.15) is 0 Å². The van der Waals surface area contributed by atoms with Crippen molar-refractivity contribution in [3.63, 3.8) is 0 Å². The molecule has 0 spiro atoms. The maximum Gasteiger partial charge on any atom is 0.336 e. The van der Waals surface area contributed by atoms with E-state index >= 15 is 0 Å². The van der Waals surface area contributed by atoms with Crippen molar-refractivity contribution >= 4 is 22.4 Å². The summed E-state index contributed by atoms with van der Waals surface area (Å²) in [4.78, 5) is 11.3. The first-order valence-electron chi connectivity index (χ1n) is 6.65. The molecule has 0 aliphatic heterocycles. The molecule has 0 heterocycles. The van der Waals surface area contributed by atoms with E-state index in [-0.39, 0.29) is 6.04 Å². The van der Waals surface area contributed by atoms with Crippen LogP contribution >= 0.6 is 0 Å². The van der Waals surface area contributed by atoms with E-state index in [9.17, 15) is 9.90 Å². The molecule has 0 bridgehead atoms. The summed E-state index contributed by atoms with van der Waals surface area (Å²) in [5.41, 5.74) is 1.18. The van der Waals surface area contributed by atoms with Crippen molar-refractivity contribution in [3.05, 3.63) is 42.0 Å². The van der Waals surface area contributed by atoms with E-state index in [1.807, 2.05) is 24.3 Å². The molecular weight excluding hydrogens is 250 g/mol.